The van der Waals surface area contributed by atoms with Crippen LogP contribution in [-0.2, 0) is 4.79 Å². The Morgan fingerprint density at radius 1 is 0.955 bits per heavy atom. The number of thioether (sulfide) groups is 1. The van der Waals surface area contributed by atoms with Crippen molar-refractivity contribution >= 4 is 57.8 Å². The van der Waals surface area contributed by atoms with E-state index in [-0.39, 0.29) is 11.1 Å². The number of hydrogen-bond donors (Lipinski definition) is 1. The Hall–Kier alpha value is -1.75. The van der Waals surface area contributed by atoms with E-state index in [1.165, 1.54) is 4.90 Å². The summed E-state index contributed by atoms with van der Waals surface area (Å²) in [5.74, 6) is -0.215. The molecule has 1 heterocycles. The highest BCUT2D eigenvalue weighted by Crippen LogP contribution is 2.35. The molecular formula is C16H10Cl2N2OS. The summed E-state index contributed by atoms with van der Waals surface area (Å²) in [5.41, 5.74) is 1.50. The van der Waals surface area contributed by atoms with Gasteiger partial charge in [-0.3, -0.25) is 15.1 Å². The Bertz CT molecular complexity index is 770. The average Bonchev–Trinajstić information content (AvgIpc) is 2.77. The van der Waals surface area contributed by atoms with Gasteiger partial charge in [0.15, 0.2) is 5.17 Å². The summed E-state index contributed by atoms with van der Waals surface area (Å²) in [6.07, 6.45) is 1.76. The second kappa shape index (κ2) is 6.16. The minimum Gasteiger partial charge on any atom is -0.278 e. The smallest absolute Gasteiger partial charge is 0.271 e. The molecule has 0 bridgehead atoms. The lowest BCUT2D eigenvalue weighted by Gasteiger charge is -2.14. The van der Waals surface area contributed by atoms with Crippen molar-refractivity contribution in [3.05, 3.63) is 69.0 Å². The van der Waals surface area contributed by atoms with Gasteiger partial charge in [-0.25, -0.2) is 0 Å². The summed E-state index contributed by atoms with van der Waals surface area (Å²) in [7, 11) is 0. The van der Waals surface area contributed by atoms with Gasteiger partial charge in [0.1, 0.15) is 0 Å². The monoisotopic (exact) mass is 348 g/mol. The fourth-order valence-electron chi connectivity index (χ4n) is 2.02. The lowest BCUT2D eigenvalue weighted by molar-refractivity contribution is -0.113. The molecule has 2 aromatic carbocycles. The first-order chi connectivity index (χ1) is 10.5. The number of halogens is 2. The summed E-state index contributed by atoms with van der Waals surface area (Å²) in [4.78, 5) is 14.4. The number of anilines is 1. The Labute approximate surface area is 142 Å². The van der Waals surface area contributed by atoms with Crippen LogP contribution in [0.25, 0.3) is 6.08 Å². The van der Waals surface area contributed by atoms with Gasteiger partial charge in [-0.1, -0.05) is 35.3 Å². The molecule has 1 saturated heterocycles. The molecule has 0 radical (unpaired) electrons. The topological polar surface area (TPSA) is 44.2 Å². The molecule has 110 valence electrons. The van der Waals surface area contributed by atoms with Crippen molar-refractivity contribution in [2.24, 2.45) is 0 Å². The van der Waals surface area contributed by atoms with E-state index >= 15 is 0 Å². The van der Waals surface area contributed by atoms with Gasteiger partial charge >= 0.3 is 0 Å². The molecule has 0 saturated carbocycles. The number of carbonyl (C=O) groups is 1. The number of nitrogens with zero attached hydrogens (tertiary/aromatic N) is 1. The summed E-state index contributed by atoms with van der Waals surface area (Å²) in [6, 6.07) is 14.0. The Kier molecular flexibility index (Phi) is 4.25. The van der Waals surface area contributed by atoms with Crippen molar-refractivity contribution in [3.63, 3.8) is 0 Å². The van der Waals surface area contributed by atoms with Crippen molar-refractivity contribution in [1.82, 2.24) is 0 Å². The third-order valence-electron chi connectivity index (χ3n) is 3.08. The van der Waals surface area contributed by atoms with Crippen LogP contribution >= 0.6 is 35.0 Å². The molecule has 1 aliphatic heterocycles. The van der Waals surface area contributed by atoms with E-state index in [1.807, 2.05) is 12.1 Å². The van der Waals surface area contributed by atoms with Crippen LogP contribution in [0, 0.1) is 5.41 Å². The normalized spacial score (nSPS) is 16.6. The highest BCUT2D eigenvalue weighted by molar-refractivity contribution is 8.19. The van der Waals surface area contributed by atoms with Gasteiger partial charge in [-0.2, -0.15) is 0 Å². The molecule has 3 rings (SSSR count). The van der Waals surface area contributed by atoms with E-state index in [4.69, 9.17) is 28.6 Å². The van der Waals surface area contributed by atoms with Gasteiger partial charge in [0, 0.05) is 10.0 Å². The maximum atomic E-state index is 12.5. The molecule has 6 heteroatoms. The largest absolute Gasteiger partial charge is 0.278 e. The van der Waals surface area contributed by atoms with E-state index in [0.717, 1.165) is 17.3 Å². The Morgan fingerprint density at radius 2 is 1.50 bits per heavy atom. The molecule has 1 amide bonds. The third-order valence-corrected chi connectivity index (χ3v) is 4.47. The summed E-state index contributed by atoms with van der Waals surface area (Å²) >= 11 is 12.8. The molecule has 3 nitrogen and oxygen atoms in total. The quantitative estimate of drug-likeness (QED) is 0.771. The lowest BCUT2D eigenvalue weighted by Crippen LogP contribution is -2.27. The van der Waals surface area contributed by atoms with Crippen LogP contribution in [0.3, 0.4) is 0 Å². The van der Waals surface area contributed by atoms with Crippen LogP contribution in [-0.4, -0.2) is 11.1 Å². The number of amidine groups is 1. The van der Waals surface area contributed by atoms with Gasteiger partial charge in [0.25, 0.3) is 5.91 Å². The summed E-state index contributed by atoms with van der Waals surface area (Å²) in [6.45, 7) is 0. The molecule has 1 fully saturated rings. The zero-order valence-electron chi connectivity index (χ0n) is 11.2. The molecule has 1 aliphatic rings. The Balaban J connectivity index is 1.91. The van der Waals surface area contributed by atoms with E-state index in [1.54, 1.807) is 42.5 Å². The summed E-state index contributed by atoms with van der Waals surface area (Å²) in [5, 5.41) is 9.44. The molecule has 2 aromatic rings. The van der Waals surface area contributed by atoms with Gasteiger partial charge in [0.05, 0.1) is 10.6 Å². The molecule has 22 heavy (non-hydrogen) atoms. The predicted molar refractivity (Wildman–Crippen MR) is 93.7 cm³/mol. The van der Waals surface area contributed by atoms with Crippen molar-refractivity contribution in [2.45, 2.75) is 0 Å². The lowest BCUT2D eigenvalue weighted by atomic mass is 10.2. The molecule has 0 spiro atoms. The first-order valence-corrected chi connectivity index (χ1v) is 7.95. The third kappa shape index (κ3) is 3.04. The van der Waals surface area contributed by atoms with E-state index < -0.39 is 0 Å². The molecule has 0 atom stereocenters. The van der Waals surface area contributed by atoms with Crippen LogP contribution < -0.4 is 4.90 Å². The van der Waals surface area contributed by atoms with Crippen molar-refractivity contribution < 1.29 is 4.79 Å². The maximum Gasteiger partial charge on any atom is 0.271 e. The average molecular weight is 349 g/mol. The molecule has 1 N–H and O–H groups in total. The Morgan fingerprint density at radius 3 is 2.09 bits per heavy atom. The van der Waals surface area contributed by atoms with Crippen molar-refractivity contribution in [3.8, 4) is 0 Å². The number of amides is 1. The van der Waals surface area contributed by atoms with Crippen molar-refractivity contribution in [2.75, 3.05) is 4.90 Å². The minimum absolute atomic E-state index is 0.174. The number of rotatable bonds is 2. The van der Waals surface area contributed by atoms with Crippen LogP contribution in [0.1, 0.15) is 5.56 Å². The maximum absolute atomic E-state index is 12.5. The van der Waals surface area contributed by atoms with Gasteiger partial charge in [0.2, 0.25) is 0 Å². The summed E-state index contributed by atoms with van der Waals surface area (Å²) < 4.78 is 0. The standard InChI is InChI=1S/C16H10Cl2N2OS/c17-11-3-1-10(2-4-11)9-14-15(21)20(16(19)22-14)13-7-5-12(18)6-8-13/h1-9,19H/b14-9-,19-16?. The van der Waals surface area contributed by atoms with E-state index in [0.29, 0.717) is 20.6 Å². The van der Waals surface area contributed by atoms with Crippen LogP contribution in [0.2, 0.25) is 10.0 Å². The molecule has 0 aromatic heterocycles. The van der Waals surface area contributed by atoms with Crippen LogP contribution in [0.5, 0.6) is 0 Å². The number of carbonyl (C=O) groups excluding carboxylic acids is 1. The van der Waals surface area contributed by atoms with Gasteiger partial charge in [-0.15, -0.1) is 0 Å². The zero-order chi connectivity index (χ0) is 15.7. The number of nitrogens with one attached hydrogen (secondary N) is 1. The number of hydrogen-bond acceptors (Lipinski definition) is 3. The SMILES string of the molecule is N=C1S/C(=C\c2ccc(Cl)cc2)C(=O)N1c1ccc(Cl)cc1. The second-order valence-electron chi connectivity index (χ2n) is 4.58. The highest BCUT2D eigenvalue weighted by atomic mass is 35.5. The molecular weight excluding hydrogens is 339 g/mol. The fourth-order valence-corrected chi connectivity index (χ4v) is 3.14. The minimum atomic E-state index is -0.215. The number of benzene rings is 2. The van der Waals surface area contributed by atoms with Gasteiger partial charge < -0.3 is 0 Å². The molecule has 0 aliphatic carbocycles. The van der Waals surface area contributed by atoms with Crippen molar-refractivity contribution in [1.29, 1.82) is 5.41 Å². The first-order valence-electron chi connectivity index (χ1n) is 6.38. The van der Waals surface area contributed by atoms with E-state index in [2.05, 4.69) is 0 Å². The van der Waals surface area contributed by atoms with E-state index in [9.17, 15) is 4.79 Å². The predicted octanol–water partition coefficient (Wildman–Crippen LogP) is 5.05. The van der Waals surface area contributed by atoms with Crippen LogP contribution in [0.15, 0.2) is 53.4 Å². The zero-order valence-corrected chi connectivity index (χ0v) is 13.5. The van der Waals surface area contributed by atoms with Gasteiger partial charge in [-0.05, 0) is 59.8 Å². The van der Waals surface area contributed by atoms with Crippen LogP contribution in [0.4, 0.5) is 5.69 Å². The highest BCUT2D eigenvalue weighted by Gasteiger charge is 2.33. The first kappa shape index (κ1) is 15.2. The second-order valence-corrected chi connectivity index (χ2v) is 6.49. The molecule has 0 unspecified atom stereocenters. The fraction of sp³-hybridized carbons (Fsp3) is 0.